The van der Waals surface area contributed by atoms with Crippen molar-refractivity contribution in [2.45, 2.75) is 37.5 Å². The Bertz CT molecular complexity index is 863. The van der Waals surface area contributed by atoms with E-state index in [2.05, 4.69) is 15.3 Å². The lowest BCUT2D eigenvalue weighted by Crippen LogP contribution is -2.24. The van der Waals surface area contributed by atoms with Gasteiger partial charge in [-0.3, -0.25) is 0 Å². The van der Waals surface area contributed by atoms with E-state index in [1.165, 1.54) is 36.8 Å². The van der Waals surface area contributed by atoms with Crippen molar-refractivity contribution in [3.8, 4) is 11.4 Å². The molecule has 3 aliphatic rings. The average molecular weight is 311 g/mol. The molecule has 0 radical (unpaired) electrons. The maximum atomic E-state index is 6.54. The fraction of sp³-hybridized carbons (Fsp3) is 0.353. The molecule has 2 bridgehead atoms. The van der Waals surface area contributed by atoms with Crippen LogP contribution in [0.5, 0.6) is 0 Å². The van der Waals surface area contributed by atoms with Crippen molar-refractivity contribution in [1.82, 2.24) is 19.8 Å². The van der Waals surface area contributed by atoms with Gasteiger partial charge in [0.25, 0.3) is 0 Å². The van der Waals surface area contributed by atoms with Gasteiger partial charge in [0.15, 0.2) is 16.6 Å². The summed E-state index contributed by atoms with van der Waals surface area (Å²) in [6.45, 7) is 0. The van der Waals surface area contributed by atoms with Crippen molar-refractivity contribution in [2.75, 3.05) is 0 Å². The molecule has 1 aromatic carbocycles. The minimum absolute atomic E-state index is 0.557. The second-order valence-electron chi connectivity index (χ2n) is 6.29. The van der Waals surface area contributed by atoms with Gasteiger partial charge in [-0.1, -0.05) is 41.9 Å². The molecule has 2 heterocycles. The zero-order valence-electron chi connectivity index (χ0n) is 12.0. The summed E-state index contributed by atoms with van der Waals surface area (Å²) in [5, 5.41) is 14.1. The molecular weight excluding hydrogens is 296 g/mol. The molecule has 110 valence electrons. The summed E-state index contributed by atoms with van der Waals surface area (Å²) in [6.07, 6.45) is 4.94. The molecule has 0 saturated heterocycles. The third kappa shape index (κ3) is 1.61. The molecule has 1 saturated carbocycles. The van der Waals surface area contributed by atoms with Crippen LogP contribution < -0.4 is 0 Å². The lowest BCUT2D eigenvalue weighted by Gasteiger charge is -2.38. The number of hydrogen-bond donors (Lipinski definition) is 0. The summed E-state index contributed by atoms with van der Waals surface area (Å²) in [6, 6.07) is 10.0. The van der Waals surface area contributed by atoms with Crippen LogP contribution in [0.15, 0.2) is 30.3 Å². The molecule has 2 aromatic heterocycles. The fourth-order valence-corrected chi connectivity index (χ4v) is 4.48. The van der Waals surface area contributed by atoms with Crippen LogP contribution in [0.3, 0.4) is 0 Å². The van der Waals surface area contributed by atoms with E-state index in [0.717, 1.165) is 17.0 Å². The molecule has 0 N–H and O–H groups in total. The Hall–Kier alpha value is -1.94. The molecule has 3 aliphatic carbocycles. The van der Waals surface area contributed by atoms with E-state index in [4.69, 9.17) is 11.6 Å². The van der Waals surface area contributed by atoms with Gasteiger partial charge in [-0.25, -0.2) is 0 Å². The SMILES string of the molecule is Clc1nn2c(-c3ccccc3)nnc2c2c1C1CCC2CC1. The van der Waals surface area contributed by atoms with Gasteiger partial charge >= 0.3 is 0 Å². The van der Waals surface area contributed by atoms with Crippen LogP contribution >= 0.6 is 11.6 Å². The van der Waals surface area contributed by atoms with Gasteiger partial charge in [0.1, 0.15) is 0 Å². The number of halogens is 1. The molecule has 0 aliphatic heterocycles. The van der Waals surface area contributed by atoms with E-state index < -0.39 is 0 Å². The van der Waals surface area contributed by atoms with E-state index in [0.29, 0.717) is 17.0 Å². The molecule has 1 fully saturated rings. The quantitative estimate of drug-likeness (QED) is 0.676. The Morgan fingerprint density at radius 1 is 0.909 bits per heavy atom. The first-order chi connectivity index (χ1) is 10.8. The van der Waals surface area contributed by atoms with E-state index in [9.17, 15) is 0 Å². The molecule has 22 heavy (non-hydrogen) atoms. The molecule has 4 nitrogen and oxygen atoms in total. The second kappa shape index (κ2) is 4.53. The number of fused-ring (bicyclic) bond motifs is 3. The molecule has 0 atom stereocenters. The fourth-order valence-electron chi connectivity index (χ4n) is 4.14. The van der Waals surface area contributed by atoms with Gasteiger partial charge in [0.05, 0.1) is 0 Å². The van der Waals surface area contributed by atoms with E-state index in [-0.39, 0.29) is 0 Å². The van der Waals surface area contributed by atoms with Crippen LogP contribution in [-0.4, -0.2) is 19.8 Å². The molecular formula is C17H15ClN4. The van der Waals surface area contributed by atoms with Crippen molar-refractivity contribution in [3.05, 3.63) is 46.6 Å². The second-order valence-corrected chi connectivity index (χ2v) is 6.65. The third-order valence-corrected chi connectivity index (χ3v) is 5.44. The van der Waals surface area contributed by atoms with Gasteiger partial charge in [-0.15, -0.1) is 10.2 Å². The highest BCUT2D eigenvalue weighted by atomic mass is 35.5. The summed E-state index contributed by atoms with van der Waals surface area (Å²) in [7, 11) is 0. The summed E-state index contributed by atoms with van der Waals surface area (Å²) in [4.78, 5) is 0. The molecule has 5 heteroatoms. The number of rotatable bonds is 1. The predicted molar refractivity (Wildman–Crippen MR) is 85.2 cm³/mol. The molecule has 0 spiro atoms. The molecule has 0 amide bonds. The van der Waals surface area contributed by atoms with Gasteiger partial charge in [-0.2, -0.15) is 9.61 Å². The lowest BCUT2D eigenvalue weighted by atomic mass is 9.68. The topological polar surface area (TPSA) is 43.1 Å². The van der Waals surface area contributed by atoms with Crippen LogP contribution in [0, 0.1) is 0 Å². The Morgan fingerprint density at radius 3 is 2.32 bits per heavy atom. The normalized spacial score (nSPS) is 23.0. The van der Waals surface area contributed by atoms with Crippen molar-refractivity contribution < 1.29 is 0 Å². The van der Waals surface area contributed by atoms with Crippen molar-refractivity contribution in [2.24, 2.45) is 0 Å². The van der Waals surface area contributed by atoms with Crippen molar-refractivity contribution in [1.29, 1.82) is 0 Å². The standard InChI is InChI=1S/C17H15ClN4/c18-15-13-10-6-8-11(9-7-10)14(13)17-20-19-16(22(17)21-15)12-4-2-1-3-5-12/h1-5,10-11H,6-9H2. The van der Waals surface area contributed by atoms with E-state index in [1.807, 2.05) is 34.8 Å². The highest BCUT2D eigenvalue weighted by molar-refractivity contribution is 6.30. The van der Waals surface area contributed by atoms with Crippen LogP contribution in [0.2, 0.25) is 5.15 Å². The lowest BCUT2D eigenvalue weighted by molar-refractivity contribution is 0.358. The van der Waals surface area contributed by atoms with Gasteiger partial charge < -0.3 is 0 Å². The molecule has 0 unspecified atom stereocenters. The van der Waals surface area contributed by atoms with Crippen LogP contribution in [0.25, 0.3) is 17.0 Å². The van der Waals surface area contributed by atoms with E-state index in [1.54, 1.807) is 0 Å². The highest BCUT2D eigenvalue weighted by Gasteiger charge is 2.38. The number of hydrogen-bond acceptors (Lipinski definition) is 3. The zero-order valence-corrected chi connectivity index (χ0v) is 12.8. The van der Waals surface area contributed by atoms with Gasteiger partial charge in [0.2, 0.25) is 0 Å². The smallest absolute Gasteiger partial charge is 0.185 e. The maximum Gasteiger partial charge on any atom is 0.185 e. The Morgan fingerprint density at radius 2 is 1.59 bits per heavy atom. The monoisotopic (exact) mass is 310 g/mol. The average Bonchev–Trinajstić information content (AvgIpc) is 3.00. The first-order valence-corrected chi connectivity index (χ1v) is 8.21. The maximum absolute atomic E-state index is 6.54. The summed E-state index contributed by atoms with van der Waals surface area (Å²) in [5.41, 5.74) is 4.45. The number of benzene rings is 1. The summed E-state index contributed by atoms with van der Waals surface area (Å²) >= 11 is 6.54. The third-order valence-electron chi connectivity index (χ3n) is 5.16. The Labute approximate surface area is 133 Å². The number of aromatic nitrogens is 4. The van der Waals surface area contributed by atoms with Crippen LogP contribution in [0.1, 0.15) is 48.6 Å². The molecule has 3 aromatic rings. The van der Waals surface area contributed by atoms with Gasteiger partial charge in [-0.05, 0) is 37.5 Å². The van der Waals surface area contributed by atoms with Crippen LogP contribution in [0.4, 0.5) is 0 Å². The largest absolute Gasteiger partial charge is 0.191 e. The predicted octanol–water partition coefficient (Wildman–Crippen LogP) is 4.20. The minimum Gasteiger partial charge on any atom is -0.191 e. The first kappa shape index (κ1) is 12.6. The summed E-state index contributed by atoms with van der Waals surface area (Å²) in [5.74, 6) is 1.89. The van der Waals surface area contributed by atoms with Crippen LogP contribution in [-0.2, 0) is 0 Å². The zero-order chi connectivity index (χ0) is 14.7. The first-order valence-electron chi connectivity index (χ1n) is 7.83. The Balaban J connectivity index is 1.82. The minimum atomic E-state index is 0.557. The Kier molecular flexibility index (Phi) is 2.59. The summed E-state index contributed by atoms with van der Waals surface area (Å²) < 4.78 is 1.83. The van der Waals surface area contributed by atoms with Crippen molar-refractivity contribution >= 4 is 17.2 Å². The van der Waals surface area contributed by atoms with E-state index >= 15 is 0 Å². The number of nitrogens with zero attached hydrogens (tertiary/aromatic N) is 4. The van der Waals surface area contributed by atoms with Gasteiger partial charge in [0, 0.05) is 16.7 Å². The van der Waals surface area contributed by atoms with Crippen molar-refractivity contribution in [3.63, 3.8) is 0 Å². The highest BCUT2D eigenvalue weighted by Crippen LogP contribution is 2.52. The molecule has 6 rings (SSSR count).